The summed E-state index contributed by atoms with van der Waals surface area (Å²) in [5.41, 5.74) is 0.721. The molecule has 0 saturated heterocycles. The standard InChI is InChI=1S/C18H29NO2/c1-14(2)21-17-9-7-16(8-10-17)15(3)19-13-18(20)11-5-4-6-12-18/h7-10,14-15,19-20H,4-6,11-13H2,1-3H3. The van der Waals surface area contributed by atoms with Crippen molar-refractivity contribution in [2.45, 2.75) is 70.6 Å². The van der Waals surface area contributed by atoms with Gasteiger partial charge in [-0.2, -0.15) is 0 Å². The Labute approximate surface area is 128 Å². The predicted octanol–water partition coefficient (Wildman–Crippen LogP) is 3.82. The molecular weight excluding hydrogens is 262 g/mol. The van der Waals surface area contributed by atoms with Gasteiger partial charge in [0, 0.05) is 12.6 Å². The van der Waals surface area contributed by atoms with E-state index in [2.05, 4.69) is 24.4 Å². The second-order valence-corrected chi connectivity index (χ2v) is 6.62. The molecule has 2 rings (SSSR count). The van der Waals surface area contributed by atoms with E-state index >= 15 is 0 Å². The molecule has 0 heterocycles. The van der Waals surface area contributed by atoms with Crippen molar-refractivity contribution in [1.82, 2.24) is 5.32 Å². The van der Waals surface area contributed by atoms with Crippen LogP contribution in [0, 0.1) is 0 Å². The van der Waals surface area contributed by atoms with Gasteiger partial charge in [-0.15, -0.1) is 0 Å². The van der Waals surface area contributed by atoms with Crippen LogP contribution in [0.4, 0.5) is 0 Å². The Hall–Kier alpha value is -1.06. The van der Waals surface area contributed by atoms with Crippen molar-refractivity contribution in [3.05, 3.63) is 29.8 Å². The van der Waals surface area contributed by atoms with Crippen LogP contribution in [-0.4, -0.2) is 23.4 Å². The quantitative estimate of drug-likeness (QED) is 0.837. The fourth-order valence-corrected chi connectivity index (χ4v) is 2.95. The van der Waals surface area contributed by atoms with Crippen LogP contribution in [0.3, 0.4) is 0 Å². The maximum atomic E-state index is 10.5. The van der Waals surface area contributed by atoms with Crippen LogP contribution < -0.4 is 10.1 Å². The van der Waals surface area contributed by atoms with Gasteiger partial charge in [0.2, 0.25) is 0 Å². The lowest BCUT2D eigenvalue weighted by Gasteiger charge is -2.33. The van der Waals surface area contributed by atoms with E-state index in [9.17, 15) is 5.11 Å². The Morgan fingerprint density at radius 1 is 1.10 bits per heavy atom. The molecule has 0 bridgehead atoms. The third kappa shape index (κ3) is 5.01. The fraction of sp³-hybridized carbons (Fsp3) is 0.667. The van der Waals surface area contributed by atoms with Gasteiger partial charge in [0.25, 0.3) is 0 Å². The molecule has 1 aliphatic rings. The van der Waals surface area contributed by atoms with Crippen molar-refractivity contribution in [2.24, 2.45) is 0 Å². The van der Waals surface area contributed by atoms with E-state index in [4.69, 9.17) is 4.74 Å². The van der Waals surface area contributed by atoms with E-state index in [1.54, 1.807) is 0 Å². The summed E-state index contributed by atoms with van der Waals surface area (Å²) < 4.78 is 5.66. The van der Waals surface area contributed by atoms with Gasteiger partial charge in [0.1, 0.15) is 5.75 Å². The van der Waals surface area contributed by atoms with Crippen molar-refractivity contribution in [3.8, 4) is 5.75 Å². The van der Waals surface area contributed by atoms with Gasteiger partial charge in [0.15, 0.2) is 0 Å². The summed E-state index contributed by atoms with van der Waals surface area (Å²) in [6, 6.07) is 8.47. The third-order valence-corrected chi connectivity index (χ3v) is 4.27. The van der Waals surface area contributed by atoms with E-state index in [1.807, 2.05) is 26.0 Å². The number of ether oxygens (including phenoxy) is 1. The lowest BCUT2D eigenvalue weighted by atomic mass is 9.84. The van der Waals surface area contributed by atoms with Crippen LogP contribution >= 0.6 is 0 Å². The van der Waals surface area contributed by atoms with Gasteiger partial charge in [-0.3, -0.25) is 0 Å². The molecule has 1 aromatic rings. The summed E-state index contributed by atoms with van der Waals surface area (Å²) in [5, 5.41) is 14.0. The van der Waals surface area contributed by atoms with E-state index < -0.39 is 5.60 Å². The first-order chi connectivity index (χ1) is 9.98. The van der Waals surface area contributed by atoms with Gasteiger partial charge in [-0.1, -0.05) is 31.4 Å². The largest absolute Gasteiger partial charge is 0.491 e. The van der Waals surface area contributed by atoms with Crippen molar-refractivity contribution in [2.75, 3.05) is 6.54 Å². The highest BCUT2D eigenvalue weighted by Gasteiger charge is 2.29. The Morgan fingerprint density at radius 3 is 2.29 bits per heavy atom. The molecule has 1 atom stereocenters. The smallest absolute Gasteiger partial charge is 0.119 e. The molecule has 1 fully saturated rings. The summed E-state index contributed by atoms with van der Waals surface area (Å²) in [6.07, 6.45) is 5.60. The van der Waals surface area contributed by atoms with Crippen LogP contribution in [0.2, 0.25) is 0 Å². The first-order valence-corrected chi connectivity index (χ1v) is 8.21. The summed E-state index contributed by atoms with van der Waals surface area (Å²) in [5.74, 6) is 0.909. The third-order valence-electron chi connectivity index (χ3n) is 4.27. The molecule has 0 radical (unpaired) electrons. The summed E-state index contributed by atoms with van der Waals surface area (Å²) in [6.45, 7) is 6.88. The normalized spacial score (nSPS) is 19.5. The topological polar surface area (TPSA) is 41.5 Å². The molecule has 21 heavy (non-hydrogen) atoms. The maximum absolute atomic E-state index is 10.5. The zero-order chi connectivity index (χ0) is 15.3. The van der Waals surface area contributed by atoms with E-state index in [0.29, 0.717) is 6.54 Å². The zero-order valence-electron chi connectivity index (χ0n) is 13.6. The van der Waals surface area contributed by atoms with Crippen LogP contribution in [-0.2, 0) is 0 Å². The molecular formula is C18H29NO2. The van der Waals surface area contributed by atoms with E-state index in [1.165, 1.54) is 12.0 Å². The Kier molecular flexibility index (Phi) is 5.65. The molecule has 1 unspecified atom stereocenters. The van der Waals surface area contributed by atoms with Crippen molar-refractivity contribution in [3.63, 3.8) is 0 Å². The number of hydrogen-bond acceptors (Lipinski definition) is 3. The Balaban J connectivity index is 1.86. The number of benzene rings is 1. The lowest BCUT2D eigenvalue weighted by molar-refractivity contribution is 0.00300. The van der Waals surface area contributed by atoms with Gasteiger partial charge >= 0.3 is 0 Å². The average molecular weight is 291 g/mol. The molecule has 0 aliphatic heterocycles. The lowest BCUT2D eigenvalue weighted by Crippen LogP contribution is -2.42. The average Bonchev–Trinajstić information content (AvgIpc) is 2.46. The van der Waals surface area contributed by atoms with Gasteiger partial charge < -0.3 is 15.2 Å². The number of hydrogen-bond donors (Lipinski definition) is 2. The minimum Gasteiger partial charge on any atom is -0.491 e. The Bertz CT molecular complexity index is 421. The fourth-order valence-electron chi connectivity index (χ4n) is 2.95. The van der Waals surface area contributed by atoms with Gasteiger partial charge in [-0.05, 0) is 51.3 Å². The summed E-state index contributed by atoms with van der Waals surface area (Å²) in [7, 11) is 0. The van der Waals surface area contributed by atoms with Gasteiger partial charge in [0.05, 0.1) is 11.7 Å². The summed E-state index contributed by atoms with van der Waals surface area (Å²) in [4.78, 5) is 0. The first kappa shape index (κ1) is 16.3. The second-order valence-electron chi connectivity index (χ2n) is 6.62. The highest BCUT2D eigenvalue weighted by atomic mass is 16.5. The molecule has 118 valence electrons. The highest BCUT2D eigenvalue weighted by molar-refractivity contribution is 5.29. The molecule has 0 aromatic heterocycles. The monoisotopic (exact) mass is 291 g/mol. The molecule has 1 aliphatic carbocycles. The second kappa shape index (κ2) is 7.28. The van der Waals surface area contributed by atoms with E-state index in [0.717, 1.165) is 31.4 Å². The zero-order valence-corrected chi connectivity index (χ0v) is 13.6. The minimum atomic E-state index is -0.507. The molecule has 1 saturated carbocycles. The van der Waals surface area contributed by atoms with Crippen LogP contribution in [0.5, 0.6) is 5.75 Å². The minimum absolute atomic E-state index is 0.201. The summed E-state index contributed by atoms with van der Waals surface area (Å²) >= 11 is 0. The van der Waals surface area contributed by atoms with Crippen LogP contribution in [0.25, 0.3) is 0 Å². The molecule has 0 spiro atoms. The number of nitrogens with one attached hydrogen (secondary N) is 1. The number of rotatable bonds is 6. The molecule has 2 N–H and O–H groups in total. The van der Waals surface area contributed by atoms with Gasteiger partial charge in [-0.25, -0.2) is 0 Å². The first-order valence-electron chi connectivity index (χ1n) is 8.21. The SMILES string of the molecule is CC(C)Oc1ccc(C(C)NCC2(O)CCCCC2)cc1. The maximum Gasteiger partial charge on any atom is 0.119 e. The molecule has 1 aromatic carbocycles. The highest BCUT2D eigenvalue weighted by Crippen LogP contribution is 2.28. The number of aliphatic hydroxyl groups is 1. The van der Waals surface area contributed by atoms with Crippen molar-refractivity contribution < 1.29 is 9.84 Å². The van der Waals surface area contributed by atoms with E-state index in [-0.39, 0.29) is 12.1 Å². The van der Waals surface area contributed by atoms with Crippen LogP contribution in [0.15, 0.2) is 24.3 Å². The van der Waals surface area contributed by atoms with Crippen molar-refractivity contribution >= 4 is 0 Å². The predicted molar refractivity (Wildman–Crippen MR) is 86.7 cm³/mol. The molecule has 3 heteroatoms. The van der Waals surface area contributed by atoms with Crippen molar-refractivity contribution in [1.29, 1.82) is 0 Å². The molecule has 3 nitrogen and oxygen atoms in total. The molecule has 0 amide bonds. The van der Waals surface area contributed by atoms with Crippen LogP contribution in [0.1, 0.15) is 64.5 Å². The Morgan fingerprint density at radius 2 is 1.71 bits per heavy atom.